The molecule has 1 aliphatic rings. The first-order chi connectivity index (χ1) is 13.1. The minimum Gasteiger partial charge on any atom is -0.349 e. The van der Waals surface area contributed by atoms with Gasteiger partial charge in [0.15, 0.2) is 11.8 Å². The summed E-state index contributed by atoms with van der Waals surface area (Å²) >= 11 is 3.20. The van der Waals surface area contributed by atoms with Crippen LogP contribution >= 0.6 is 15.9 Å². The molecule has 1 aliphatic heterocycles. The zero-order chi connectivity index (χ0) is 19.2. The van der Waals surface area contributed by atoms with Crippen LogP contribution in [0.1, 0.15) is 18.3 Å². The molecular formula is C18H25BrFN7. The van der Waals surface area contributed by atoms with Crippen LogP contribution in [0.3, 0.4) is 0 Å². The molecule has 1 N–H and O–H groups in total. The molecule has 2 aromatic rings. The lowest BCUT2D eigenvalue weighted by Gasteiger charge is -2.36. The maximum absolute atomic E-state index is 13.7. The van der Waals surface area contributed by atoms with E-state index >= 15 is 0 Å². The number of halogens is 2. The summed E-state index contributed by atoms with van der Waals surface area (Å²) in [7, 11) is 1.80. The Morgan fingerprint density at radius 1 is 1.30 bits per heavy atom. The fraction of sp³-hybridized carbons (Fsp3) is 0.500. The highest BCUT2D eigenvalue weighted by atomic mass is 79.9. The normalized spacial score (nSPS) is 16.0. The number of aromatic nitrogens is 3. The highest BCUT2D eigenvalue weighted by Crippen LogP contribution is 2.18. The Bertz CT molecular complexity index is 784. The van der Waals surface area contributed by atoms with Gasteiger partial charge < -0.3 is 14.8 Å². The van der Waals surface area contributed by atoms with Gasteiger partial charge in [0.1, 0.15) is 12.1 Å². The number of hydrogen-bond acceptors (Lipinski definition) is 4. The summed E-state index contributed by atoms with van der Waals surface area (Å²) < 4.78 is 16.2. The predicted molar refractivity (Wildman–Crippen MR) is 107 cm³/mol. The molecule has 0 saturated carbocycles. The topological polar surface area (TPSA) is 61.6 Å². The molecule has 0 atom stereocenters. The molecule has 0 unspecified atom stereocenters. The van der Waals surface area contributed by atoms with Crippen LogP contribution in [0.2, 0.25) is 0 Å². The molecule has 0 radical (unpaired) electrons. The maximum Gasteiger partial charge on any atom is 0.194 e. The van der Waals surface area contributed by atoms with Gasteiger partial charge in [0.25, 0.3) is 0 Å². The fourth-order valence-electron chi connectivity index (χ4n) is 3.18. The third-order valence-electron chi connectivity index (χ3n) is 4.71. The Morgan fingerprint density at radius 3 is 2.74 bits per heavy atom. The van der Waals surface area contributed by atoms with Gasteiger partial charge in [-0.15, -0.1) is 10.2 Å². The summed E-state index contributed by atoms with van der Waals surface area (Å²) in [6.07, 6.45) is 1.74. The molecule has 3 rings (SSSR count). The Labute approximate surface area is 167 Å². The van der Waals surface area contributed by atoms with Crippen LogP contribution in [-0.4, -0.2) is 63.8 Å². The minimum absolute atomic E-state index is 0.212. The quantitative estimate of drug-likeness (QED) is 0.573. The van der Waals surface area contributed by atoms with Gasteiger partial charge in [0, 0.05) is 46.3 Å². The van der Waals surface area contributed by atoms with E-state index in [0.29, 0.717) is 11.0 Å². The summed E-state index contributed by atoms with van der Waals surface area (Å²) in [5.74, 6) is 1.56. The minimum atomic E-state index is -0.212. The molecule has 0 spiro atoms. The summed E-state index contributed by atoms with van der Waals surface area (Å²) in [6, 6.07) is 5.33. The van der Waals surface area contributed by atoms with Crippen molar-refractivity contribution in [1.29, 1.82) is 0 Å². The Morgan fingerprint density at radius 2 is 2.07 bits per heavy atom. The van der Waals surface area contributed by atoms with E-state index in [0.717, 1.165) is 56.6 Å². The zero-order valence-corrected chi connectivity index (χ0v) is 17.3. The zero-order valence-electron chi connectivity index (χ0n) is 15.7. The molecule has 1 aromatic heterocycles. The van der Waals surface area contributed by atoms with E-state index in [4.69, 9.17) is 0 Å². The van der Waals surface area contributed by atoms with E-state index in [2.05, 4.69) is 53.2 Å². The summed E-state index contributed by atoms with van der Waals surface area (Å²) in [5, 5.41) is 11.5. The van der Waals surface area contributed by atoms with Crippen molar-refractivity contribution in [3.05, 3.63) is 46.2 Å². The first-order valence-electron chi connectivity index (χ1n) is 9.09. The van der Waals surface area contributed by atoms with Crippen molar-refractivity contribution in [2.45, 2.75) is 26.6 Å². The molecule has 27 heavy (non-hydrogen) atoms. The number of nitrogens with zero attached hydrogens (tertiary/aromatic N) is 6. The average Bonchev–Trinajstić information content (AvgIpc) is 3.14. The Balaban J connectivity index is 1.50. The number of guanidine groups is 1. The van der Waals surface area contributed by atoms with Crippen molar-refractivity contribution in [2.24, 2.45) is 4.99 Å². The lowest BCUT2D eigenvalue weighted by molar-refractivity contribution is 0.172. The van der Waals surface area contributed by atoms with Gasteiger partial charge in [-0.25, -0.2) is 4.39 Å². The Hall–Kier alpha value is -2.00. The number of hydrogen-bond donors (Lipinski definition) is 1. The third kappa shape index (κ3) is 5.04. The highest BCUT2D eigenvalue weighted by Gasteiger charge is 2.20. The van der Waals surface area contributed by atoms with E-state index in [-0.39, 0.29) is 5.82 Å². The van der Waals surface area contributed by atoms with Crippen molar-refractivity contribution in [1.82, 2.24) is 29.9 Å². The second-order valence-electron chi connectivity index (χ2n) is 6.45. The molecule has 0 bridgehead atoms. The number of piperazine rings is 1. The molecule has 1 aromatic carbocycles. The molecule has 7 nitrogen and oxygen atoms in total. The van der Waals surface area contributed by atoms with Gasteiger partial charge in [-0.05, 0) is 40.5 Å². The van der Waals surface area contributed by atoms with Crippen molar-refractivity contribution in [2.75, 3.05) is 33.2 Å². The summed E-state index contributed by atoms with van der Waals surface area (Å²) in [4.78, 5) is 8.97. The summed E-state index contributed by atoms with van der Waals surface area (Å²) in [5.41, 5.74) is 0.991. The largest absolute Gasteiger partial charge is 0.349 e. The predicted octanol–water partition coefficient (Wildman–Crippen LogP) is 2.09. The van der Waals surface area contributed by atoms with Crippen LogP contribution in [0.25, 0.3) is 0 Å². The number of aliphatic imine (C=N–C) groups is 1. The van der Waals surface area contributed by atoms with Crippen LogP contribution in [0, 0.1) is 5.82 Å². The molecular weight excluding hydrogens is 413 g/mol. The average molecular weight is 438 g/mol. The van der Waals surface area contributed by atoms with Crippen molar-refractivity contribution < 1.29 is 4.39 Å². The number of nitrogens with one attached hydrogen (secondary N) is 1. The Kier molecular flexibility index (Phi) is 6.78. The molecule has 1 fully saturated rings. The standard InChI is InChI=1S/C18H25BrFN7/c1-3-26-13-23-24-17(26)11-22-18(21-2)27-8-6-25(7-9-27)12-14-4-5-15(19)16(20)10-14/h4-5,10,13H,3,6-9,11-12H2,1-2H3,(H,21,22). The number of rotatable bonds is 5. The third-order valence-corrected chi connectivity index (χ3v) is 5.36. The van der Waals surface area contributed by atoms with Gasteiger partial charge in [-0.1, -0.05) is 6.07 Å². The number of benzene rings is 1. The van der Waals surface area contributed by atoms with Crippen LogP contribution < -0.4 is 5.32 Å². The monoisotopic (exact) mass is 437 g/mol. The van der Waals surface area contributed by atoms with Gasteiger partial charge >= 0.3 is 0 Å². The fourth-order valence-corrected chi connectivity index (χ4v) is 3.43. The van der Waals surface area contributed by atoms with Crippen molar-refractivity contribution >= 4 is 21.9 Å². The SMILES string of the molecule is CCn1cnnc1CNC(=NC)N1CCN(Cc2ccc(Br)c(F)c2)CC1. The molecule has 2 heterocycles. The van der Waals surface area contributed by atoms with Gasteiger partial charge in [0.2, 0.25) is 0 Å². The van der Waals surface area contributed by atoms with Gasteiger partial charge in [-0.2, -0.15) is 0 Å². The van der Waals surface area contributed by atoms with E-state index in [1.165, 1.54) is 0 Å². The van der Waals surface area contributed by atoms with E-state index in [9.17, 15) is 4.39 Å². The lowest BCUT2D eigenvalue weighted by Crippen LogP contribution is -2.52. The molecule has 0 amide bonds. The van der Waals surface area contributed by atoms with E-state index < -0.39 is 0 Å². The van der Waals surface area contributed by atoms with Crippen LogP contribution in [-0.2, 0) is 19.6 Å². The first-order valence-corrected chi connectivity index (χ1v) is 9.88. The molecule has 9 heteroatoms. The summed E-state index contributed by atoms with van der Waals surface area (Å²) in [6.45, 7) is 7.82. The molecule has 146 valence electrons. The van der Waals surface area contributed by atoms with Crippen molar-refractivity contribution in [3.8, 4) is 0 Å². The first kappa shape index (κ1) is 19.8. The highest BCUT2D eigenvalue weighted by molar-refractivity contribution is 9.10. The van der Waals surface area contributed by atoms with E-state index in [1.807, 2.05) is 10.6 Å². The number of aryl methyl sites for hydroxylation is 1. The second kappa shape index (κ2) is 9.27. The van der Waals surface area contributed by atoms with Crippen LogP contribution in [0.4, 0.5) is 4.39 Å². The van der Waals surface area contributed by atoms with Crippen molar-refractivity contribution in [3.63, 3.8) is 0 Å². The second-order valence-corrected chi connectivity index (χ2v) is 7.30. The molecule has 0 aliphatic carbocycles. The van der Waals surface area contributed by atoms with Gasteiger partial charge in [-0.3, -0.25) is 9.89 Å². The smallest absolute Gasteiger partial charge is 0.194 e. The van der Waals surface area contributed by atoms with Gasteiger partial charge in [0.05, 0.1) is 11.0 Å². The maximum atomic E-state index is 13.7. The lowest BCUT2D eigenvalue weighted by atomic mass is 10.2. The van der Waals surface area contributed by atoms with E-state index in [1.54, 1.807) is 25.5 Å². The van der Waals surface area contributed by atoms with Crippen LogP contribution in [0.5, 0.6) is 0 Å². The molecule has 1 saturated heterocycles. The van der Waals surface area contributed by atoms with Crippen LogP contribution in [0.15, 0.2) is 34.0 Å².